The monoisotopic (exact) mass is 263 g/mol. The number of hydrogen-bond donors (Lipinski definition) is 1. The zero-order valence-corrected chi connectivity index (χ0v) is 9.23. The Morgan fingerprint density at radius 2 is 1.88 bits per heavy atom. The molecule has 0 saturated heterocycles. The molecule has 7 heteroatoms. The summed E-state index contributed by atoms with van der Waals surface area (Å²) in [4.78, 5) is 11.4. The van der Waals surface area contributed by atoms with Crippen molar-refractivity contribution in [1.82, 2.24) is 4.57 Å². The van der Waals surface area contributed by atoms with Gasteiger partial charge in [-0.25, -0.2) is 0 Å². The van der Waals surface area contributed by atoms with Crippen molar-refractivity contribution in [2.24, 2.45) is 0 Å². The van der Waals surface area contributed by atoms with Gasteiger partial charge in [-0.15, -0.1) is 0 Å². The molecular weight excluding hydrogens is 253 g/mol. The Morgan fingerprint density at radius 3 is 2.41 bits per heavy atom. The SMILES string of the molecule is CC(=O)n1c(S(=O)(=O)O)cc2ccccc21.[NaH]. The van der Waals surface area contributed by atoms with E-state index in [0.717, 1.165) is 4.57 Å². The van der Waals surface area contributed by atoms with E-state index in [9.17, 15) is 13.2 Å². The third kappa shape index (κ3) is 2.61. The van der Waals surface area contributed by atoms with Gasteiger partial charge in [-0.05, 0) is 12.1 Å². The molecule has 0 saturated carbocycles. The molecule has 0 spiro atoms. The van der Waals surface area contributed by atoms with Crippen LogP contribution in [-0.2, 0) is 10.1 Å². The summed E-state index contributed by atoms with van der Waals surface area (Å²) in [6.45, 7) is 1.24. The standard InChI is InChI=1S/C10H9NO4S.Na.H/c1-7(12)11-9-5-3-2-4-8(9)6-10(11)16(13,14)15;;/h2-6H,1H3,(H,13,14,15);;. The number of para-hydroxylation sites is 1. The van der Waals surface area contributed by atoms with Crippen LogP contribution in [0.1, 0.15) is 11.7 Å². The second-order valence-electron chi connectivity index (χ2n) is 3.37. The van der Waals surface area contributed by atoms with Crippen molar-refractivity contribution < 1.29 is 17.8 Å². The zero-order valence-electron chi connectivity index (χ0n) is 8.41. The van der Waals surface area contributed by atoms with Crippen LogP contribution >= 0.6 is 0 Å². The van der Waals surface area contributed by atoms with Crippen molar-refractivity contribution in [3.8, 4) is 0 Å². The van der Waals surface area contributed by atoms with E-state index >= 15 is 0 Å². The second-order valence-corrected chi connectivity index (χ2v) is 4.74. The van der Waals surface area contributed by atoms with Crippen LogP contribution in [0.5, 0.6) is 0 Å². The van der Waals surface area contributed by atoms with Crippen LogP contribution in [0.15, 0.2) is 35.4 Å². The van der Waals surface area contributed by atoms with Gasteiger partial charge in [0, 0.05) is 12.3 Å². The second kappa shape index (κ2) is 4.91. The van der Waals surface area contributed by atoms with Crippen molar-refractivity contribution in [2.45, 2.75) is 11.9 Å². The normalized spacial score (nSPS) is 11.2. The Hall–Kier alpha value is -0.660. The van der Waals surface area contributed by atoms with Gasteiger partial charge < -0.3 is 0 Å². The molecule has 1 N–H and O–H groups in total. The summed E-state index contributed by atoms with van der Waals surface area (Å²) in [6, 6.07) is 7.97. The van der Waals surface area contributed by atoms with Crippen LogP contribution in [0.2, 0.25) is 0 Å². The predicted octanol–water partition coefficient (Wildman–Crippen LogP) is 0.900. The molecule has 86 valence electrons. The zero-order chi connectivity index (χ0) is 11.9. The minimum absolute atomic E-state index is 0. The number of carbonyl (C=O) groups excluding carboxylic acids is 1. The fourth-order valence-electron chi connectivity index (χ4n) is 1.64. The molecule has 17 heavy (non-hydrogen) atoms. The Morgan fingerprint density at radius 1 is 1.29 bits per heavy atom. The first-order valence-electron chi connectivity index (χ1n) is 4.50. The first-order valence-corrected chi connectivity index (χ1v) is 5.94. The van der Waals surface area contributed by atoms with Gasteiger partial charge in [-0.3, -0.25) is 13.9 Å². The van der Waals surface area contributed by atoms with Gasteiger partial charge in [0.2, 0.25) is 5.91 Å². The molecule has 2 rings (SSSR count). The average molecular weight is 263 g/mol. The van der Waals surface area contributed by atoms with Crippen molar-refractivity contribution in [2.75, 3.05) is 0 Å². The van der Waals surface area contributed by atoms with Crippen molar-refractivity contribution in [3.05, 3.63) is 30.3 Å². The molecule has 0 amide bonds. The molecule has 0 radical (unpaired) electrons. The predicted molar refractivity (Wildman–Crippen MR) is 65.2 cm³/mol. The quantitative estimate of drug-likeness (QED) is 0.612. The van der Waals surface area contributed by atoms with Crippen molar-refractivity contribution >= 4 is 56.5 Å². The van der Waals surface area contributed by atoms with Crippen LogP contribution < -0.4 is 0 Å². The maximum absolute atomic E-state index is 11.4. The number of rotatable bonds is 1. The van der Waals surface area contributed by atoms with Crippen molar-refractivity contribution in [3.63, 3.8) is 0 Å². The summed E-state index contributed by atoms with van der Waals surface area (Å²) < 4.78 is 32.2. The maximum atomic E-state index is 11.4. The Labute approximate surface area is 120 Å². The van der Waals surface area contributed by atoms with E-state index in [1.165, 1.54) is 13.0 Å². The van der Waals surface area contributed by atoms with E-state index in [2.05, 4.69) is 0 Å². The molecule has 1 heterocycles. The molecule has 1 aromatic heterocycles. The summed E-state index contributed by atoms with van der Waals surface area (Å²) in [6.07, 6.45) is 0. The van der Waals surface area contributed by atoms with E-state index in [4.69, 9.17) is 4.55 Å². The van der Waals surface area contributed by atoms with Gasteiger partial charge in [0.1, 0.15) is 0 Å². The Bertz CT molecular complexity index is 675. The van der Waals surface area contributed by atoms with Gasteiger partial charge in [0.25, 0.3) is 0 Å². The number of benzene rings is 1. The molecular formula is C10H10NNaO4S. The number of carbonyl (C=O) groups is 1. The van der Waals surface area contributed by atoms with E-state index in [0.29, 0.717) is 10.9 Å². The van der Waals surface area contributed by atoms with Crippen molar-refractivity contribution in [1.29, 1.82) is 0 Å². The molecule has 0 unspecified atom stereocenters. The third-order valence-electron chi connectivity index (χ3n) is 2.26. The molecule has 0 fully saturated rings. The topological polar surface area (TPSA) is 76.4 Å². The molecule has 0 aliphatic heterocycles. The van der Waals surface area contributed by atoms with Gasteiger partial charge in [0.05, 0.1) is 5.52 Å². The molecule has 5 nitrogen and oxygen atoms in total. The summed E-state index contributed by atoms with van der Waals surface area (Å²) in [7, 11) is -4.40. The van der Waals surface area contributed by atoms with E-state index in [1.54, 1.807) is 24.3 Å². The fourth-order valence-corrected chi connectivity index (χ4v) is 2.38. The van der Waals surface area contributed by atoms with Crippen LogP contribution in [0.3, 0.4) is 0 Å². The molecule has 0 aliphatic carbocycles. The number of fused-ring (bicyclic) bond motifs is 1. The van der Waals surface area contributed by atoms with E-state index < -0.39 is 21.1 Å². The molecule has 1 aromatic carbocycles. The fraction of sp³-hybridized carbons (Fsp3) is 0.100. The Kier molecular flexibility index (Phi) is 4.16. The Balaban J connectivity index is 0.00000144. The summed E-state index contributed by atoms with van der Waals surface area (Å²) in [5, 5.41) is 0.187. The summed E-state index contributed by atoms with van der Waals surface area (Å²) in [5.74, 6) is -0.464. The van der Waals surface area contributed by atoms with Crippen LogP contribution in [0.4, 0.5) is 0 Å². The van der Waals surface area contributed by atoms with E-state index in [1.807, 2.05) is 0 Å². The first-order chi connectivity index (χ1) is 7.41. The van der Waals surface area contributed by atoms with Crippen LogP contribution in [0, 0.1) is 0 Å². The van der Waals surface area contributed by atoms with Gasteiger partial charge in [-0.2, -0.15) is 8.42 Å². The molecule has 0 aliphatic rings. The molecule has 0 atom stereocenters. The minimum atomic E-state index is -4.40. The number of nitrogens with zero attached hydrogens (tertiary/aromatic N) is 1. The van der Waals surface area contributed by atoms with Gasteiger partial charge in [0.15, 0.2) is 5.03 Å². The summed E-state index contributed by atoms with van der Waals surface area (Å²) in [5.41, 5.74) is 0.461. The van der Waals surface area contributed by atoms with Crippen LogP contribution in [0.25, 0.3) is 10.9 Å². The molecule has 0 bridgehead atoms. The summed E-state index contributed by atoms with van der Waals surface area (Å²) >= 11 is 0. The van der Waals surface area contributed by atoms with Gasteiger partial charge >= 0.3 is 39.7 Å². The molecule has 2 aromatic rings. The number of hydrogen-bond acceptors (Lipinski definition) is 3. The van der Waals surface area contributed by atoms with E-state index in [-0.39, 0.29) is 29.6 Å². The third-order valence-corrected chi connectivity index (χ3v) is 3.09. The average Bonchev–Trinajstić information content (AvgIpc) is 2.55. The van der Waals surface area contributed by atoms with Crippen LogP contribution in [-0.4, -0.2) is 53.0 Å². The van der Waals surface area contributed by atoms with Gasteiger partial charge in [-0.1, -0.05) is 18.2 Å². The number of aromatic nitrogens is 1. The first kappa shape index (κ1) is 14.4.